The van der Waals surface area contributed by atoms with Crippen LogP contribution in [0, 0.1) is 46.3 Å². The van der Waals surface area contributed by atoms with Crippen molar-refractivity contribution >= 4 is 0 Å². The van der Waals surface area contributed by atoms with Gasteiger partial charge >= 0.3 is 0 Å². The molecule has 0 aromatic heterocycles. The van der Waals surface area contributed by atoms with E-state index in [2.05, 4.69) is 55.4 Å². The predicted molar refractivity (Wildman–Crippen MR) is 136 cm³/mol. The average Bonchev–Trinajstić information content (AvgIpc) is 3.30. The van der Waals surface area contributed by atoms with E-state index in [4.69, 9.17) is 0 Å². The molecule has 0 heteroatoms. The Morgan fingerprint density at radius 2 is 1.47 bits per heavy atom. The summed E-state index contributed by atoms with van der Waals surface area (Å²) in [6.45, 7) is 20.2. The molecule has 2 rings (SSSR count). The summed E-state index contributed by atoms with van der Waals surface area (Å²) in [4.78, 5) is 0. The van der Waals surface area contributed by atoms with Crippen molar-refractivity contribution in [2.45, 2.75) is 145 Å². The molecule has 178 valence electrons. The highest BCUT2D eigenvalue weighted by molar-refractivity contribution is 5.01. The van der Waals surface area contributed by atoms with Crippen molar-refractivity contribution in [2.24, 2.45) is 46.3 Å². The fourth-order valence-electron chi connectivity index (χ4n) is 8.55. The highest BCUT2D eigenvalue weighted by atomic mass is 14.6. The minimum atomic E-state index is 0.526. The van der Waals surface area contributed by atoms with Crippen LogP contribution in [0.5, 0.6) is 0 Å². The minimum Gasteiger partial charge on any atom is -0.0654 e. The average molecular weight is 419 g/mol. The van der Waals surface area contributed by atoms with E-state index in [-0.39, 0.29) is 0 Å². The molecular formula is C30H58. The van der Waals surface area contributed by atoms with Gasteiger partial charge in [0.2, 0.25) is 0 Å². The predicted octanol–water partition coefficient (Wildman–Crippen LogP) is 10.3. The van der Waals surface area contributed by atoms with Crippen molar-refractivity contribution in [3.05, 3.63) is 0 Å². The molecular weight excluding hydrogens is 360 g/mol. The van der Waals surface area contributed by atoms with Crippen LogP contribution < -0.4 is 0 Å². The van der Waals surface area contributed by atoms with Gasteiger partial charge in [0, 0.05) is 0 Å². The molecule has 0 aromatic carbocycles. The summed E-state index contributed by atoms with van der Waals surface area (Å²) in [5.74, 6) is 5.70. The lowest BCUT2D eigenvalue weighted by molar-refractivity contribution is -0.00634. The Bertz CT molecular complexity index is 466. The molecule has 2 saturated carbocycles. The SMILES string of the molecule is CCCCC[C@H]1C[C@@H](C(C)(C)[C@H]2CCC[C@H]2C(CCC)(CCC)CC(C)C)C[C@H]1C. The van der Waals surface area contributed by atoms with E-state index < -0.39 is 0 Å². The molecule has 0 aromatic rings. The van der Waals surface area contributed by atoms with Gasteiger partial charge in [-0.3, -0.25) is 0 Å². The highest BCUT2D eigenvalue weighted by Crippen LogP contribution is 2.61. The van der Waals surface area contributed by atoms with Gasteiger partial charge in [0.25, 0.3) is 0 Å². The highest BCUT2D eigenvalue weighted by Gasteiger charge is 2.52. The van der Waals surface area contributed by atoms with Gasteiger partial charge in [-0.05, 0) is 91.3 Å². The summed E-state index contributed by atoms with van der Waals surface area (Å²) in [6, 6.07) is 0. The Hall–Kier alpha value is 0. The first-order valence-electron chi connectivity index (χ1n) is 14.2. The van der Waals surface area contributed by atoms with Crippen LogP contribution in [-0.4, -0.2) is 0 Å². The van der Waals surface area contributed by atoms with E-state index in [1.54, 1.807) is 0 Å². The van der Waals surface area contributed by atoms with Crippen LogP contribution in [0.25, 0.3) is 0 Å². The molecule has 2 aliphatic carbocycles. The van der Waals surface area contributed by atoms with Gasteiger partial charge in [-0.15, -0.1) is 0 Å². The van der Waals surface area contributed by atoms with Gasteiger partial charge in [0.15, 0.2) is 0 Å². The van der Waals surface area contributed by atoms with Crippen LogP contribution >= 0.6 is 0 Å². The zero-order chi connectivity index (χ0) is 22.4. The number of hydrogen-bond donors (Lipinski definition) is 0. The summed E-state index contributed by atoms with van der Waals surface area (Å²) >= 11 is 0. The van der Waals surface area contributed by atoms with E-state index in [1.807, 2.05) is 0 Å². The first kappa shape index (κ1) is 26.3. The van der Waals surface area contributed by atoms with Crippen molar-refractivity contribution < 1.29 is 0 Å². The third-order valence-electron chi connectivity index (χ3n) is 9.85. The van der Waals surface area contributed by atoms with Crippen LogP contribution in [-0.2, 0) is 0 Å². The fourth-order valence-corrected chi connectivity index (χ4v) is 8.55. The molecule has 0 bridgehead atoms. The van der Waals surface area contributed by atoms with Crippen LogP contribution in [0.15, 0.2) is 0 Å². The second kappa shape index (κ2) is 11.7. The first-order valence-corrected chi connectivity index (χ1v) is 14.2. The summed E-state index contributed by atoms with van der Waals surface area (Å²) in [5.41, 5.74) is 1.14. The lowest BCUT2D eigenvalue weighted by Gasteiger charge is -2.50. The van der Waals surface area contributed by atoms with E-state index in [0.717, 1.165) is 35.5 Å². The van der Waals surface area contributed by atoms with Gasteiger partial charge in [0.1, 0.15) is 0 Å². The molecule has 0 heterocycles. The molecule has 0 saturated heterocycles. The second-order valence-corrected chi connectivity index (χ2v) is 12.8. The molecule has 0 N–H and O–H groups in total. The maximum absolute atomic E-state index is 2.71. The van der Waals surface area contributed by atoms with Crippen molar-refractivity contribution in [3.63, 3.8) is 0 Å². The topological polar surface area (TPSA) is 0 Å². The maximum Gasteiger partial charge on any atom is -0.0264 e. The standard InChI is InChI=1S/C30H58/c1-9-12-13-15-25-21-26(20-24(25)6)29(7,8)27-16-14-17-28(27)30(18-10-2,19-11-3)22-23(4)5/h23-28H,9-22H2,1-8H3/t24-,25+,26+,27+,28-/m1/s1. The zero-order valence-electron chi connectivity index (χ0n) is 22.4. The molecule has 0 radical (unpaired) electrons. The van der Waals surface area contributed by atoms with Crippen LogP contribution in [0.1, 0.15) is 145 Å². The van der Waals surface area contributed by atoms with Crippen molar-refractivity contribution in [1.29, 1.82) is 0 Å². The van der Waals surface area contributed by atoms with Crippen molar-refractivity contribution in [2.75, 3.05) is 0 Å². The smallest absolute Gasteiger partial charge is 0.0264 e. The lowest BCUT2D eigenvalue weighted by Crippen LogP contribution is -2.42. The van der Waals surface area contributed by atoms with Crippen LogP contribution in [0.2, 0.25) is 0 Å². The summed E-state index contributed by atoms with van der Waals surface area (Å²) in [5, 5.41) is 0. The quantitative estimate of drug-likeness (QED) is 0.261. The Balaban J connectivity index is 2.20. The van der Waals surface area contributed by atoms with E-state index in [1.165, 1.54) is 89.9 Å². The van der Waals surface area contributed by atoms with Crippen molar-refractivity contribution in [3.8, 4) is 0 Å². The first-order chi connectivity index (χ1) is 14.2. The van der Waals surface area contributed by atoms with Gasteiger partial charge in [-0.1, -0.05) is 100 Å². The Kier molecular flexibility index (Phi) is 10.3. The van der Waals surface area contributed by atoms with Gasteiger partial charge in [0.05, 0.1) is 0 Å². The molecule has 0 aliphatic heterocycles. The molecule has 5 atom stereocenters. The molecule has 30 heavy (non-hydrogen) atoms. The Labute approximate surface area is 191 Å². The van der Waals surface area contributed by atoms with Crippen molar-refractivity contribution in [1.82, 2.24) is 0 Å². The summed E-state index contributed by atoms with van der Waals surface area (Å²) in [7, 11) is 0. The van der Waals surface area contributed by atoms with E-state index >= 15 is 0 Å². The molecule has 0 amide bonds. The normalized spacial score (nSPS) is 30.5. The summed E-state index contributed by atoms with van der Waals surface area (Å²) < 4.78 is 0. The minimum absolute atomic E-state index is 0.526. The molecule has 2 aliphatic rings. The Morgan fingerprint density at radius 3 is 2.03 bits per heavy atom. The summed E-state index contributed by atoms with van der Waals surface area (Å²) in [6.07, 6.45) is 20.5. The number of unbranched alkanes of at least 4 members (excludes halogenated alkanes) is 2. The van der Waals surface area contributed by atoms with Crippen LogP contribution in [0.3, 0.4) is 0 Å². The van der Waals surface area contributed by atoms with Gasteiger partial charge in [-0.25, -0.2) is 0 Å². The van der Waals surface area contributed by atoms with E-state index in [9.17, 15) is 0 Å². The van der Waals surface area contributed by atoms with E-state index in [0.29, 0.717) is 10.8 Å². The maximum atomic E-state index is 2.71. The Morgan fingerprint density at radius 1 is 0.833 bits per heavy atom. The third kappa shape index (κ3) is 6.07. The third-order valence-corrected chi connectivity index (χ3v) is 9.85. The zero-order valence-corrected chi connectivity index (χ0v) is 22.4. The largest absolute Gasteiger partial charge is 0.0654 e. The number of hydrogen-bond acceptors (Lipinski definition) is 0. The van der Waals surface area contributed by atoms with Gasteiger partial charge in [-0.2, -0.15) is 0 Å². The molecule has 0 spiro atoms. The molecule has 0 unspecified atom stereocenters. The number of rotatable bonds is 13. The lowest BCUT2D eigenvalue weighted by atomic mass is 9.55. The molecule has 0 nitrogen and oxygen atoms in total. The monoisotopic (exact) mass is 418 g/mol. The molecule has 2 fully saturated rings. The van der Waals surface area contributed by atoms with Crippen LogP contribution in [0.4, 0.5) is 0 Å². The second-order valence-electron chi connectivity index (χ2n) is 12.8. The van der Waals surface area contributed by atoms with Gasteiger partial charge < -0.3 is 0 Å². The fraction of sp³-hybridized carbons (Fsp3) is 1.00.